The normalized spacial score (nSPS) is 15.1. The highest BCUT2D eigenvalue weighted by Crippen LogP contribution is 2.32. The van der Waals surface area contributed by atoms with Crippen molar-refractivity contribution in [3.8, 4) is 17.0 Å². The molecule has 0 aromatic carbocycles. The van der Waals surface area contributed by atoms with Gasteiger partial charge in [-0.15, -0.1) is 0 Å². The van der Waals surface area contributed by atoms with Gasteiger partial charge in [-0.3, -0.25) is 0 Å². The maximum absolute atomic E-state index is 12.1. The Morgan fingerprint density at radius 3 is 2.72 bits per heavy atom. The first-order valence-electron chi connectivity index (χ1n) is 9.86. The van der Waals surface area contributed by atoms with Crippen LogP contribution < -0.4 is 4.74 Å². The second-order valence-electron chi connectivity index (χ2n) is 7.43. The van der Waals surface area contributed by atoms with E-state index in [1.165, 1.54) is 0 Å². The molecule has 152 valence electrons. The third-order valence-electron chi connectivity index (χ3n) is 5.15. The third-order valence-corrected chi connectivity index (χ3v) is 5.15. The van der Waals surface area contributed by atoms with E-state index in [0.717, 1.165) is 35.3 Å². The first kappa shape index (κ1) is 19.2. The first-order valence-corrected chi connectivity index (χ1v) is 9.86. The Bertz CT molecular complexity index is 1010. The molecule has 8 nitrogen and oxygen atoms in total. The van der Waals surface area contributed by atoms with Gasteiger partial charge in [-0.2, -0.15) is 5.10 Å². The number of nitrogens with zero attached hydrogens (tertiary/aromatic N) is 5. The Labute approximate surface area is 169 Å². The highest BCUT2D eigenvalue weighted by atomic mass is 16.6. The van der Waals surface area contributed by atoms with Crippen molar-refractivity contribution in [3.05, 3.63) is 42.5 Å². The van der Waals surface area contributed by atoms with Crippen LogP contribution in [0, 0.1) is 0 Å². The second kappa shape index (κ2) is 8.06. The summed E-state index contributed by atoms with van der Waals surface area (Å²) in [7, 11) is 1.61. The van der Waals surface area contributed by atoms with Crippen LogP contribution in [0.25, 0.3) is 16.8 Å². The summed E-state index contributed by atoms with van der Waals surface area (Å²) in [6.45, 7) is 5.08. The fourth-order valence-corrected chi connectivity index (χ4v) is 3.69. The number of likely N-dealkylation sites (tertiary alicyclic amines) is 1. The lowest BCUT2D eigenvalue weighted by Gasteiger charge is -2.31. The standard InChI is InChI=1S/C21H25N5O3/c1-14(2)29-21(27)25-10-6-15(7-11-25)18-8-12-26-19(24-18)17(13-23-26)16-5-4-9-22-20(16)28-3/h4-5,8-9,12-15H,6-7,10-11H2,1-3H3. The zero-order chi connectivity index (χ0) is 20.4. The molecule has 0 radical (unpaired) electrons. The van der Waals surface area contributed by atoms with Crippen molar-refractivity contribution in [2.75, 3.05) is 20.2 Å². The molecule has 1 aliphatic heterocycles. The van der Waals surface area contributed by atoms with Crippen molar-refractivity contribution >= 4 is 11.7 Å². The molecule has 1 saturated heterocycles. The van der Waals surface area contributed by atoms with Crippen LogP contribution in [0.3, 0.4) is 0 Å². The smallest absolute Gasteiger partial charge is 0.410 e. The van der Waals surface area contributed by atoms with Crippen LogP contribution in [-0.2, 0) is 4.74 Å². The van der Waals surface area contributed by atoms with Crippen LogP contribution in [0.1, 0.15) is 38.3 Å². The maximum Gasteiger partial charge on any atom is 0.410 e. The lowest BCUT2D eigenvalue weighted by molar-refractivity contribution is 0.0690. The van der Waals surface area contributed by atoms with Crippen LogP contribution in [0.2, 0.25) is 0 Å². The van der Waals surface area contributed by atoms with Gasteiger partial charge in [0.15, 0.2) is 5.65 Å². The Morgan fingerprint density at radius 2 is 2.00 bits per heavy atom. The number of piperidine rings is 1. The summed E-state index contributed by atoms with van der Waals surface area (Å²) in [6, 6.07) is 5.84. The van der Waals surface area contributed by atoms with Gasteiger partial charge in [0, 0.05) is 42.7 Å². The molecule has 1 fully saturated rings. The zero-order valence-corrected chi connectivity index (χ0v) is 16.9. The van der Waals surface area contributed by atoms with Crippen LogP contribution >= 0.6 is 0 Å². The monoisotopic (exact) mass is 395 g/mol. The van der Waals surface area contributed by atoms with Gasteiger partial charge < -0.3 is 14.4 Å². The first-order chi connectivity index (χ1) is 14.1. The Hall–Kier alpha value is -3.16. The van der Waals surface area contributed by atoms with Crippen LogP contribution in [0.15, 0.2) is 36.8 Å². The molecule has 0 spiro atoms. The van der Waals surface area contributed by atoms with Crippen molar-refractivity contribution in [2.45, 2.75) is 38.7 Å². The van der Waals surface area contributed by atoms with Gasteiger partial charge in [0.05, 0.1) is 25.0 Å². The molecule has 29 heavy (non-hydrogen) atoms. The molecule has 4 heterocycles. The van der Waals surface area contributed by atoms with Gasteiger partial charge in [0.2, 0.25) is 5.88 Å². The largest absolute Gasteiger partial charge is 0.481 e. The fourth-order valence-electron chi connectivity index (χ4n) is 3.69. The van der Waals surface area contributed by atoms with Gasteiger partial charge in [-0.1, -0.05) is 0 Å². The predicted octanol–water partition coefficient (Wildman–Crippen LogP) is 3.52. The lowest BCUT2D eigenvalue weighted by atomic mass is 9.93. The van der Waals surface area contributed by atoms with Crippen molar-refractivity contribution in [1.29, 1.82) is 0 Å². The number of carbonyl (C=O) groups excluding carboxylic acids is 1. The van der Waals surface area contributed by atoms with Crippen molar-refractivity contribution in [1.82, 2.24) is 24.5 Å². The number of aromatic nitrogens is 4. The Balaban J connectivity index is 1.56. The third kappa shape index (κ3) is 3.87. The molecule has 8 heteroatoms. The van der Waals surface area contributed by atoms with E-state index in [2.05, 4.69) is 10.1 Å². The molecular formula is C21H25N5O3. The molecule has 0 N–H and O–H groups in total. The maximum atomic E-state index is 12.1. The lowest BCUT2D eigenvalue weighted by Crippen LogP contribution is -2.39. The van der Waals surface area contributed by atoms with E-state index in [1.807, 2.05) is 38.2 Å². The van der Waals surface area contributed by atoms with Gasteiger partial charge >= 0.3 is 6.09 Å². The number of hydrogen-bond acceptors (Lipinski definition) is 6. The second-order valence-corrected chi connectivity index (χ2v) is 7.43. The number of ether oxygens (including phenoxy) is 2. The molecule has 3 aromatic heterocycles. The van der Waals surface area contributed by atoms with Crippen molar-refractivity contribution in [3.63, 3.8) is 0 Å². The molecule has 1 aliphatic rings. The number of hydrogen-bond donors (Lipinski definition) is 0. The highest BCUT2D eigenvalue weighted by molar-refractivity contribution is 5.80. The molecule has 4 rings (SSSR count). The summed E-state index contributed by atoms with van der Waals surface area (Å²) in [6.07, 6.45) is 6.80. The highest BCUT2D eigenvalue weighted by Gasteiger charge is 2.26. The number of carbonyl (C=O) groups is 1. The van der Waals surface area contributed by atoms with E-state index in [0.29, 0.717) is 24.9 Å². The summed E-state index contributed by atoms with van der Waals surface area (Å²) in [5.74, 6) is 0.841. The summed E-state index contributed by atoms with van der Waals surface area (Å²) in [4.78, 5) is 23.1. The van der Waals surface area contributed by atoms with Crippen molar-refractivity contribution < 1.29 is 14.3 Å². The SMILES string of the molecule is COc1ncccc1-c1cnn2ccc(C3CCN(C(=O)OC(C)C)CC3)nc12. The minimum atomic E-state index is -0.233. The van der Waals surface area contributed by atoms with Crippen LogP contribution in [0.4, 0.5) is 4.79 Å². The molecule has 0 unspecified atom stereocenters. The van der Waals surface area contributed by atoms with E-state index in [1.54, 1.807) is 28.9 Å². The number of amides is 1. The molecular weight excluding hydrogens is 370 g/mol. The molecule has 0 saturated carbocycles. The Kier molecular flexibility index (Phi) is 5.33. The van der Waals surface area contributed by atoms with E-state index in [9.17, 15) is 4.79 Å². The average molecular weight is 395 g/mol. The van der Waals surface area contributed by atoms with Crippen LogP contribution in [-0.4, -0.2) is 56.9 Å². The van der Waals surface area contributed by atoms with E-state index < -0.39 is 0 Å². The van der Waals surface area contributed by atoms with E-state index in [-0.39, 0.29) is 12.2 Å². The number of pyridine rings is 1. The summed E-state index contributed by atoms with van der Waals surface area (Å²) < 4.78 is 12.5. The zero-order valence-electron chi connectivity index (χ0n) is 16.9. The summed E-state index contributed by atoms with van der Waals surface area (Å²) in [5, 5.41) is 4.42. The molecule has 0 atom stereocenters. The minimum Gasteiger partial charge on any atom is -0.481 e. The number of methoxy groups -OCH3 is 1. The number of fused-ring (bicyclic) bond motifs is 1. The quantitative estimate of drug-likeness (QED) is 0.672. The molecule has 1 amide bonds. The van der Waals surface area contributed by atoms with Gasteiger partial charge in [-0.05, 0) is 44.9 Å². The molecule has 0 aliphatic carbocycles. The number of rotatable bonds is 4. The summed E-state index contributed by atoms with van der Waals surface area (Å²) in [5.41, 5.74) is 3.53. The predicted molar refractivity (Wildman–Crippen MR) is 108 cm³/mol. The van der Waals surface area contributed by atoms with Gasteiger partial charge in [0.25, 0.3) is 0 Å². The Morgan fingerprint density at radius 1 is 1.21 bits per heavy atom. The van der Waals surface area contributed by atoms with Crippen LogP contribution in [0.5, 0.6) is 5.88 Å². The molecule has 0 bridgehead atoms. The molecule has 3 aromatic rings. The fraction of sp³-hybridized carbons (Fsp3) is 0.429. The van der Waals surface area contributed by atoms with Gasteiger partial charge in [0.1, 0.15) is 0 Å². The van der Waals surface area contributed by atoms with E-state index in [4.69, 9.17) is 14.5 Å². The average Bonchev–Trinajstić information content (AvgIpc) is 3.16. The van der Waals surface area contributed by atoms with Crippen molar-refractivity contribution in [2.24, 2.45) is 0 Å². The summed E-state index contributed by atoms with van der Waals surface area (Å²) >= 11 is 0. The van der Waals surface area contributed by atoms with E-state index >= 15 is 0 Å². The minimum absolute atomic E-state index is 0.103. The van der Waals surface area contributed by atoms with Gasteiger partial charge in [-0.25, -0.2) is 19.3 Å². The topological polar surface area (TPSA) is 81.9 Å².